The number of nitrogens with one attached hydrogen (secondary N) is 1. The van der Waals surface area contributed by atoms with Crippen molar-refractivity contribution in [3.63, 3.8) is 0 Å². The molecular weight excluding hydrogens is 378 g/mol. The average molecular weight is 402 g/mol. The van der Waals surface area contributed by atoms with E-state index in [9.17, 15) is 4.79 Å². The van der Waals surface area contributed by atoms with Gasteiger partial charge in [0.05, 0.1) is 0 Å². The van der Waals surface area contributed by atoms with E-state index in [0.717, 1.165) is 41.9 Å². The first kappa shape index (κ1) is 17.8. The van der Waals surface area contributed by atoms with Gasteiger partial charge in [-0.3, -0.25) is 0 Å². The summed E-state index contributed by atoms with van der Waals surface area (Å²) >= 11 is 3.45. The van der Waals surface area contributed by atoms with Crippen LogP contribution in [0.5, 0.6) is 0 Å². The largest absolute Gasteiger partial charge is 0.368 e. The lowest BCUT2D eigenvalue weighted by Gasteiger charge is -2.37. The topological polar surface area (TPSA) is 35.6 Å². The van der Waals surface area contributed by atoms with Crippen LogP contribution in [-0.2, 0) is 0 Å². The lowest BCUT2D eigenvalue weighted by atomic mass is 10.1. The number of nitrogens with zero attached hydrogens (tertiary/aromatic N) is 2. The van der Waals surface area contributed by atoms with Crippen LogP contribution in [0.4, 0.5) is 16.2 Å². The molecule has 1 fully saturated rings. The monoisotopic (exact) mass is 401 g/mol. The summed E-state index contributed by atoms with van der Waals surface area (Å²) in [5, 5.41) is 3.03. The van der Waals surface area contributed by atoms with Crippen molar-refractivity contribution in [2.45, 2.75) is 20.8 Å². The maximum absolute atomic E-state index is 12.6. The second-order valence-corrected chi connectivity index (χ2v) is 7.57. The Morgan fingerprint density at radius 1 is 0.960 bits per heavy atom. The normalized spacial score (nSPS) is 14.6. The van der Waals surface area contributed by atoms with Gasteiger partial charge in [0.15, 0.2) is 0 Å². The summed E-state index contributed by atoms with van der Waals surface area (Å²) < 4.78 is 1.02. The molecule has 4 nitrogen and oxygen atoms in total. The molecule has 1 saturated heterocycles. The van der Waals surface area contributed by atoms with Crippen molar-refractivity contribution in [2.75, 3.05) is 36.4 Å². The first-order chi connectivity index (χ1) is 11.9. The van der Waals surface area contributed by atoms with Crippen LogP contribution in [0.15, 0.2) is 40.9 Å². The molecule has 0 atom stereocenters. The Hall–Kier alpha value is -2.01. The summed E-state index contributed by atoms with van der Waals surface area (Å²) in [5.41, 5.74) is 5.76. The predicted molar refractivity (Wildman–Crippen MR) is 108 cm³/mol. The van der Waals surface area contributed by atoms with E-state index < -0.39 is 0 Å². The van der Waals surface area contributed by atoms with E-state index in [4.69, 9.17) is 0 Å². The molecule has 0 unspecified atom stereocenters. The Balaban J connectivity index is 1.62. The van der Waals surface area contributed by atoms with Crippen molar-refractivity contribution in [3.8, 4) is 0 Å². The maximum Gasteiger partial charge on any atom is 0.321 e. The van der Waals surface area contributed by atoms with Crippen LogP contribution in [0.2, 0.25) is 0 Å². The number of amides is 2. The molecule has 0 aliphatic carbocycles. The van der Waals surface area contributed by atoms with Gasteiger partial charge in [0, 0.05) is 42.0 Å². The van der Waals surface area contributed by atoms with Crippen LogP contribution >= 0.6 is 15.9 Å². The molecule has 1 aliphatic heterocycles. The Bertz CT molecular complexity index is 783. The smallest absolute Gasteiger partial charge is 0.321 e. The standard InChI is InChI=1S/C20H24BrN3O/c1-14-4-5-15(2)19(12-14)23-8-10-24(11-9-23)20(25)22-18-7-6-17(21)13-16(18)3/h4-7,12-13H,8-11H2,1-3H3,(H,22,25). The molecule has 0 saturated carbocycles. The quantitative estimate of drug-likeness (QED) is 0.789. The summed E-state index contributed by atoms with van der Waals surface area (Å²) in [6.45, 7) is 9.44. The molecule has 0 aromatic heterocycles. The fourth-order valence-corrected chi connectivity index (χ4v) is 3.65. The van der Waals surface area contributed by atoms with Gasteiger partial charge in [-0.25, -0.2) is 4.79 Å². The Labute approximate surface area is 158 Å². The summed E-state index contributed by atoms with van der Waals surface area (Å²) in [6.07, 6.45) is 0. The summed E-state index contributed by atoms with van der Waals surface area (Å²) in [4.78, 5) is 16.8. The van der Waals surface area contributed by atoms with Crippen molar-refractivity contribution >= 4 is 33.3 Å². The molecule has 1 aliphatic rings. The number of piperazine rings is 1. The van der Waals surface area contributed by atoms with Crippen molar-refractivity contribution < 1.29 is 4.79 Å². The third-order valence-electron chi connectivity index (χ3n) is 4.70. The number of carbonyl (C=O) groups excluding carboxylic acids is 1. The first-order valence-corrected chi connectivity index (χ1v) is 9.37. The van der Waals surface area contributed by atoms with Crippen molar-refractivity contribution in [2.24, 2.45) is 0 Å². The molecule has 132 valence electrons. The lowest BCUT2D eigenvalue weighted by Crippen LogP contribution is -2.50. The fraction of sp³-hybridized carbons (Fsp3) is 0.350. The van der Waals surface area contributed by atoms with Gasteiger partial charge in [-0.05, 0) is 61.7 Å². The number of aryl methyl sites for hydroxylation is 3. The van der Waals surface area contributed by atoms with Crippen molar-refractivity contribution in [3.05, 3.63) is 57.6 Å². The van der Waals surface area contributed by atoms with Gasteiger partial charge in [0.2, 0.25) is 0 Å². The second-order valence-electron chi connectivity index (χ2n) is 6.65. The molecular formula is C20H24BrN3O. The summed E-state index contributed by atoms with van der Waals surface area (Å²) in [5.74, 6) is 0. The minimum Gasteiger partial charge on any atom is -0.368 e. The molecule has 2 aromatic carbocycles. The number of benzene rings is 2. The van der Waals surface area contributed by atoms with E-state index in [1.54, 1.807) is 0 Å². The van der Waals surface area contributed by atoms with Crippen LogP contribution < -0.4 is 10.2 Å². The SMILES string of the molecule is Cc1ccc(C)c(N2CCN(C(=O)Nc3ccc(Br)cc3C)CC2)c1. The number of carbonyl (C=O) groups is 1. The van der Waals surface area contributed by atoms with Crippen molar-refractivity contribution in [1.29, 1.82) is 0 Å². The van der Waals surface area contributed by atoms with E-state index >= 15 is 0 Å². The number of hydrogen-bond donors (Lipinski definition) is 1. The van der Waals surface area contributed by atoms with Gasteiger partial charge < -0.3 is 15.1 Å². The Morgan fingerprint density at radius 2 is 1.68 bits per heavy atom. The summed E-state index contributed by atoms with van der Waals surface area (Å²) in [7, 11) is 0. The number of halogens is 1. The fourth-order valence-electron chi connectivity index (χ4n) is 3.17. The Kier molecular flexibility index (Phi) is 5.33. The van der Waals surface area contributed by atoms with Gasteiger partial charge in [-0.15, -0.1) is 0 Å². The number of anilines is 2. The molecule has 0 radical (unpaired) electrons. The number of hydrogen-bond acceptors (Lipinski definition) is 2. The molecule has 2 aromatic rings. The van der Waals surface area contributed by atoms with Gasteiger partial charge in [0.1, 0.15) is 0 Å². The molecule has 0 spiro atoms. The average Bonchev–Trinajstić information content (AvgIpc) is 2.59. The zero-order chi connectivity index (χ0) is 18.0. The number of urea groups is 1. The first-order valence-electron chi connectivity index (χ1n) is 8.58. The molecule has 1 heterocycles. The van der Waals surface area contributed by atoms with Crippen LogP contribution in [0, 0.1) is 20.8 Å². The zero-order valence-corrected chi connectivity index (χ0v) is 16.6. The lowest BCUT2D eigenvalue weighted by molar-refractivity contribution is 0.208. The van der Waals surface area contributed by atoms with E-state index in [2.05, 4.69) is 58.2 Å². The van der Waals surface area contributed by atoms with E-state index in [1.165, 1.54) is 16.8 Å². The minimum absolute atomic E-state index is 0.0222. The zero-order valence-electron chi connectivity index (χ0n) is 15.0. The molecule has 5 heteroatoms. The maximum atomic E-state index is 12.6. The van der Waals surface area contributed by atoms with Crippen LogP contribution in [0.25, 0.3) is 0 Å². The van der Waals surface area contributed by atoms with E-state index in [1.807, 2.05) is 30.0 Å². The van der Waals surface area contributed by atoms with Gasteiger partial charge >= 0.3 is 6.03 Å². The van der Waals surface area contributed by atoms with Crippen molar-refractivity contribution in [1.82, 2.24) is 4.90 Å². The van der Waals surface area contributed by atoms with Crippen LogP contribution in [0.1, 0.15) is 16.7 Å². The molecule has 1 N–H and O–H groups in total. The summed E-state index contributed by atoms with van der Waals surface area (Å²) in [6, 6.07) is 12.4. The van der Waals surface area contributed by atoms with E-state index in [0.29, 0.717) is 0 Å². The van der Waals surface area contributed by atoms with Gasteiger partial charge in [-0.1, -0.05) is 28.1 Å². The highest BCUT2D eigenvalue weighted by Crippen LogP contribution is 2.24. The van der Waals surface area contributed by atoms with Gasteiger partial charge in [-0.2, -0.15) is 0 Å². The molecule has 0 bridgehead atoms. The highest BCUT2D eigenvalue weighted by Gasteiger charge is 2.22. The van der Waals surface area contributed by atoms with Gasteiger partial charge in [0.25, 0.3) is 0 Å². The third kappa shape index (κ3) is 4.15. The molecule has 2 amide bonds. The third-order valence-corrected chi connectivity index (χ3v) is 5.20. The van der Waals surface area contributed by atoms with Crippen LogP contribution in [0.3, 0.4) is 0 Å². The second kappa shape index (κ2) is 7.48. The predicted octanol–water partition coefficient (Wildman–Crippen LogP) is 4.73. The molecule has 3 rings (SSSR count). The highest BCUT2D eigenvalue weighted by molar-refractivity contribution is 9.10. The minimum atomic E-state index is -0.0222. The van der Waals surface area contributed by atoms with Crippen LogP contribution in [-0.4, -0.2) is 37.1 Å². The van der Waals surface area contributed by atoms with E-state index in [-0.39, 0.29) is 6.03 Å². The molecule has 25 heavy (non-hydrogen) atoms. The number of rotatable bonds is 2. The highest BCUT2D eigenvalue weighted by atomic mass is 79.9. The Morgan fingerprint density at radius 3 is 2.36 bits per heavy atom.